The van der Waals surface area contributed by atoms with Crippen molar-refractivity contribution < 1.29 is 16.8 Å². The highest BCUT2D eigenvalue weighted by Crippen LogP contribution is 2.14. The Bertz CT molecular complexity index is 713. The number of benzene rings is 1. The van der Waals surface area contributed by atoms with Gasteiger partial charge in [-0.05, 0) is 30.2 Å². The maximum atomic E-state index is 11.8. The van der Waals surface area contributed by atoms with Gasteiger partial charge in [-0.15, -0.1) is 0 Å². The molecule has 104 valence electrons. The topological polar surface area (TPSA) is 92.1 Å². The summed E-state index contributed by atoms with van der Waals surface area (Å²) in [4.78, 5) is 0. The van der Waals surface area contributed by atoms with E-state index < -0.39 is 19.7 Å². The molecule has 19 heavy (non-hydrogen) atoms. The van der Waals surface area contributed by atoms with Crippen LogP contribution in [-0.4, -0.2) is 34.6 Å². The van der Waals surface area contributed by atoms with Gasteiger partial charge in [0.2, 0.25) is 0 Å². The molecular formula is C12H15NO4S2. The molecule has 0 N–H and O–H groups in total. The molecule has 0 atom stereocenters. The first-order valence-corrected chi connectivity index (χ1v) is 9.39. The Morgan fingerprint density at radius 2 is 1.79 bits per heavy atom. The second-order valence-corrected chi connectivity index (χ2v) is 8.92. The Labute approximate surface area is 113 Å². The van der Waals surface area contributed by atoms with Crippen LogP contribution in [0.25, 0.3) is 0 Å². The first-order chi connectivity index (χ1) is 8.63. The molecule has 0 aliphatic carbocycles. The molecule has 0 aromatic heterocycles. The van der Waals surface area contributed by atoms with E-state index in [9.17, 15) is 16.8 Å². The second kappa shape index (κ2) is 5.72. The van der Waals surface area contributed by atoms with E-state index in [1.807, 2.05) is 6.07 Å². The van der Waals surface area contributed by atoms with Crippen molar-refractivity contribution in [3.8, 4) is 6.07 Å². The third-order valence-electron chi connectivity index (χ3n) is 2.61. The minimum Gasteiger partial charge on any atom is -0.229 e. The zero-order valence-electron chi connectivity index (χ0n) is 10.8. The fourth-order valence-electron chi connectivity index (χ4n) is 1.51. The van der Waals surface area contributed by atoms with Gasteiger partial charge in [0.15, 0.2) is 9.84 Å². The van der Waals surface area contributed by atoms with Crippen molar-refractivity contribution in [2.45, 2.75) is 12.7 Å². The van der Waals surface area contributed by atoms with E-state index in [1.54, 1.807) is 25.1 Å². The molecule has 0 heterocycles. The van der Waals surface area contributed by atoms with Crippen LogP contribution in [0.2, 0.25) is 0 Å². The number of sulfone groups is 2. The molecule has 0 bridgehead atoms. The van der Waals surface area contributed by atoms with Crippen LogP contribution in [0, 0.1) is 18.3 Å². The molecule has 0 unspecified atom stereocenters. The van der Waals surface area contributed by atoms with Gasteiger partial charge in [-0.3, -0.25) is 0 Å². The lowest BCUT2D eigenvalue weighted by Gasteiger charge is -2.07. The lowest BCUT2D eigenvalue weighted by molar-refractivity contribution is 0.589. The van der Waals surface area contributed by atoms with E-state index in [0.717, 1.165) is 6.26 Å². The van der Waals surface area contributed by atoms with Gasteiger partial charge in [0.05, 0.1) is 28.9 Å². The van der Waals surface area contributed by atoms with Crippen molar-refractivity contribution in [3.05, 3.63) is 34.9 Å². The maximum absolute atomic E-state index is 11.8. The smallest absolute Gasteiger partial charge is 0.155 e. The van der Waals surface area contributed by atoms with Gasteiger partial charge in [-0.2, -0.15) is 5.26 Å². The maximum Gasteiger partial charge on any atom is 0.155 e. The van der Waals surface area contributed by atoms with Gasteiger partial charge in [0.1, 0.15) is 9.84 Å². The monoisotopic (exact) mass is 301 g/mol. The fraction of sp³-hybridized carbons (Fsp3) is 0.417. The third-order valence-corrected chi connectivity index (χ3v) is 5.39. The first-order valence-electron chi connectivity index (χ1n) is 5.51. The molecule has 1 aromatic rings. The number of nitriles is 1. The van der Waals surface area contributed by atoms with Gasteiger partial charge in [0, 0.05) is 6.26 Å². The summed E-state index contributed by atoms with van der Waals surface area (Å²) in [5.74, 6) is -0.962. The molecule has 0 aliphatic rings. The van der Waals surface area contributed by atoms with Gasteiger partial charge in [-0.1, -0.05) is 6.07 Å². The molecule has 0 aliphatic heterocycles. The highest BCUT2D eigenvalue weighted by molar-refractivity contribution is 7.94. The third kappa shape index (κ3) is 5.41. The summed E-state index contributed by atoms with van der Waals surface area (Å²) in [6.45, 7) is 1.72. The van der Waals surface area contributed by atoms with Crippen molar-refractivity contribution in [2.75, 3.05) is 17.8 Å². The molecule has 1 aromatic carbocycles. The zero-order chi connectivity index (χ0) is 14.7. The highest BCUT2D eigenvalue weighted by Gasteiger charge is 2.16. The summed E-state index contributed by atoms with van der Waals surface area (Å²) < 4.78 is 45.6. The van der Waals surface area contributed by atoms with Crippen molar-refractivity contribution >= 4 is 19.7 Å². The molecule has 0 radical (unpaired) electrons. The minimum atomic E-state index is -3.47. The van der Waals surface area contributed by atoms with E-state index in [0.29, 0.717) is 16.7 Å². The highest BCUT2D eigenvalue weighted by atomic mass is 32.2. The molecular weight excluding hydrogens is 286 g/mol. The van der Waals surface area contributed by atoms with Crippen LogP contribution in [0.1, 0.15) is 16.7 Å². The zero-order valence-corrected chi connectivity index (χ0v) is 12.4. The first kappa shape index (κ1) is 15.7. The molecule has 0 spiro atoms. The Kier molecular flexibility index (Phi) is 4.71. The molecule has 0 fully saturated rings. The predicted octanol–water partition coefficient (Wildman–Crippen LogP) is 0.826. The largest absolute Gasteiger partial charge is 0.229 e. The summed E-state index contributed by atoms with van der Waals surface area (Å²) in [7, 11) is -6.76. The normalized spacial score (nSPS) is 12.1. The van der Waals surface area contributed by atoms with E-state index in [1.165, 1.54) is 0 Å². The minimum absolute atomic E-state index is 0.208. The van der Waals surface area contributed by atoms with Crippen LogP contribution in [0.15, 0.2) is 18.2 Å². The Balaban J connectivity index is 2.88. The van der Waals surface area contributed by atoms with Crippen LogP contribution in [0.4, 0.5) is 0 Å². The summed E-state index contributed by atoms with van der Waals surface area (Å²) >= 11 is 0. The van der Waals surface area contributed by atoms with E-state index in [-0.39, 0.29) is 17.3 Å². The standard InChI is InChI=1S/C12H15NO4S2/c1-10-7-11(8-13)3-4-12(10)9-19(16,17)6-5-18(2,14)15/h3-4,7H,5-6,9H2,1-2H3. The average molecular weight is 301 g/mol. The van der Waals surface area contributed by atoms with Crippen LogP contribution < -0.4 is 0 Å². The molecule has 0 saturated heterocycles. The fourth-order valence-corrected chi connectivity index (χ4v) is 4.68. The Morgan fingerprint density at radius 3 is 2.26 bits per heavy atom. The summed E-state index contributed by atoms with van der Waals surface area (Å²) in [6, 6.07) is 6.73. The van der Waals surface area contributed by atoms with Crippen molar-refractivity contribution in [1.82, 2.24) is 0 Å². The van der Waals surface area contributed by atoms with Crippen LogP contribution >= 0.6 is 0 Å². The number of nitrogens with zero attached hydrogens (tertiary/aromatic N) is 1. The van der Waals surface area contributed by atoms with Gasteiger partial charge < -0.3 is 0 Å². The molecule has 5 nitrogen and oxygen atoms in total. The SMILES string of the molecule is Cc1cc(C#N)ccc1CS(=O)(=O)CCS(C)(=O)=O. The average Bonchev–Trinajstić information content (AvgIpc) is 2.28. The summed E-state index contributed by atoms with van der Waals surface area (Å²) in [5, 5.41) is 8.72. The Hall–Kier alpha value is -1.39. The van der Waals surface area contributed by atoms with Gasteiger partial charge >= 0.3 is 0 Å². The summed E-state index contributed by atoms with van der Waals surface area (Å²) in [5.41, 5.74) is 1.77. The van der Waals surface area contributed by atoms with Crippen molar-refractivity contribution in [2.24, 2.45) is 0 Å². The molecule has 0 saturated carbocycles. The molecule has 0 amide bonds. The van der Waals surface area contributed by atoms with Crippen molar-refractivity contribution in [3.63, 3.8) is 0 Å². The van der Waals surface area contributed by atoms with Crippen LogP contribution in [0.5, 0.6) is 0 Å². The number of hydrogen-bond acceptors (Lipinski definition) is 5. The van der Waals surface area contributed by atoms with Gasteiger partial charge in [0.25, 0.3) is 0 Å². The summed E-state index contributed by atoms with van der Waals surface area (Å²) in [6.07, 6.45) is 1.01. The van der Waals surface area contributed by atoms with Crippen molar-refractivity contribution in [1.29, 1.82) is 5.26 Å². The second-order valence-electron chi connectivity index (χ2n) is 4.47. The van der Waals surface area contributed by atoms with E-state index >= 15 is 0 Å². The Morgan fingerprint density at radius 1 is 1.16 bits per heavy atom. The lowest BCUT2D eigenvalue weighted by atomic mass is 10.1. The number of aryl methyl sites for hydroxylation is 1. The van der Waals surface area contributed by atoms with Gasteiger partial charge in [-0.25, -0.2) is 16.8 Å². The lowest BCUT2D eigenvalue weighted by Crippen LogP contribution is -2.18. The van der Waals surface area contributed by atoms with E-state index in [4.69, 9.17) is 5.26 Å². The van der Waals surface area contributed by atoms with E-state index in [2.05, 4.69) is 0 Å². The van der Waals surface area contributed by atoms with Crippen LogP contribution in [0.3, 0.4) is 0 Å². The predicted molar refractivity (Wildman–Crippen MR) is 73.1 cm³/mol. The van der Waals surface area contributed by atoms with Crippen LogP contribution in [-0.2, 0) is 25.4 Å². The number of hydrogen-bond donors (Lipinski definition) is 0. The molecule has 7 heteroatoms. The molecule has 1 rings (SSSR count). The number of rotatable bonds is 5. The quantitative estimate of drug-likeness (QED) is 0.803.